The van der Waals surface area contributed by atoms with Gasteiger partial charge in [0.2, 0.25) is 0 Å². The zero-order chi connectivity index (χ0) is 10.8. The lowest BCUT2D eigenvalue weighted by atomic mass is 9.66. The number of rotatable bonds is 3. The third-order valence-electron chi connectivity index (χ3n) is 3.21. The van der Waals surface area contributed by atoms with Crippen molar-refractivity contribution in [2.75, 3.05) is 6.61 Å². The van der Waals surface area contributed by atoms with Gasteiger partial charge in [-0.3, -0.25) is 4.79 Å². The molecule has 1 aliphatic rings. The summed E-state index contributed by atoms with van der Waals surface area (Å²) in [5.41, 5.74) is 0.849. The monoisotopic (exact) mass is 198 g/mol. The summed E-state index contributed by atoms with van der Waals surface area (Å²) >= 11 is 0. The van der Waals surface area contributed by atoms with E-state index in [4.69, 9.17) is 4.74 Å². The molecule has 1 saturated carbocycles. The second-order valence-corrected chi connectivity index (χ2v) is 4.60. The molecule has 80 valence electrons. The molecule has 0 bridgehead atoms. The van der Waals surface area contributed by atoms with Crippen LogP contribution in [0.2, 0.25) is 0 Å². The van der Waals surface area contributed by atoms with E-state index in [9.17, 15) is 9.90 Å². The van der Waals surface area contributed by atoms with E-state index in [1.807, 2.05) is 0 Å². The van der Waals surface area contributed by atoms with Crippen molar-refractivity contribution in [3.05, 3.63) is 12.2 Å². The van der Waals surface area contributed by atoms with Gasteiger partial charge in [0.05, 0.1) is 12.7 Å². The normalized spacial score (nSPS) is 31.2. The van der Waals surface area contributed by atoms with Crippen LogP contribution in [0.4, 0.5) is 0 Å². The number of ether oxygens (including phenoxy) is 1. The van der Waals surface area contributed by atoms with Gasteiger partial charge in [0.15, 0.2) is 0 Å². The molecule has 0 aromatic heterocycles. The van der Waals surface area contributed by atoms with Crippen molar-refractivity contribution in [3.63, 3.8) is 0 Å². The minimum atomic E-state index is -0.441. The molecule has 0 amide bonds. The maximum Gasteiger partial charge on any atom is 0.293 e. The predicted octanol–water partition coefficient (Wildman–Crippen LogP) is 1.51. The van der Waals surface area contributed by atoms with Crippen molar-refractivity contribution >= 4 is 6.47 Å². The largest absolute Gasteiger partial charge is 0.467 e. The fraction of sp³-hybridized carbons (Fsp3) is 0.727. The number of carbonyl (C=O) groups is 1. The second kappa shape index (κ2) is 4.13. The van der Waals surface area contributed by atoms with Gasteiger partial charge in [0.25, 0.3) is 6.47 Å². The van der Waals surface area contributed by atoms with E-state index < -0.39 is 6.10 Å². The van der Waals surface area contributed by atoms with Crippen LogP contribution >= 0.6 is 0 Å². The number of carbonyl (C=O) groups excluding carboxylic acids is 1. The molecule has 0 aromatic rings. The summed E-state index contributed by atoms with van der Waals surface area (Å²) in [7, 11) is 0. The van der Waals surface area contributed by atoms with Gasteiger partial charge < -0.3 is 9.84 Å². The molecule has 2 atom stereocenters. The topological polar surface area (TPSA) is 46.5 Å². The van der Waals surface area contributed by atoms with Crippen molar-refractivity contribution < 1.29 is 14.6 Å². The summed E-state index contributed by atoms with van der Waals surface area (Å²) < 4.78 is 4.77. The molecule has 3 nitrogen and oxygen atoms in total. The van der Waals surface area contributed by atoms with Crippen LogP contribution < -0.4 is 0 Å². The highest BCUT2D eigenvalue weighted by atomic mass is 16.5. The Morgan fingerprint density at radius 3 is 2.93 bits per heavy atom. The highest BCUT2D eigenvalue weighted by Gasteiger charge is 2.38. The first-order valence-electron chi connectivity index (χ1n) is 4.91. The first kappa shape index (κ1) is 11.2. The first-order chi connectivity index (χ1) is 6.49. The Morgan fingerprint density at radius 2 is 2.36 bits per heavy atom. The summed E-state index contributed by atoms with van der Waals surface area (Å²) in [4.78, 5) is 10.1. The van der Waals surface area contributed by atoms with Crippen LogP contribution in [0, 0.1) is 11.3 Å². The lowest BCUT2D eigenvalue weighted by Gasteiger charge is -2.41. The molecule has 0 heterocycles. The van der Waals surface area contributed by atoms with Gasteiger partial charge >= 0.3 is 0 Å². The molecule has 2 unspecified atom stereocenters. The Balaban J connectivity index is 2.72. The van der Waals surface area contributed by atoms with Gasteiger partial charge in [0.1, 0.15) is 0 Å². The fourth-order valence-corrected chi connectivity index (χ4v) is 2.07. The van der Waals surface area contributed by atoms with Gasteiger partial charge in [-0.15, -0.1) is 0 Å². The fourth-order valence-electron chi connectivity index (χ4n) is 2.07. The van der Waals surface area contributed by atoms with E-state index in [1.54, 1.807) is 0 Å². The molecule has 0 saturated heterocycles. The Kier molecular flexibility index (Phi) is 3.32. The molecule has 14 heavy (non-hydrogen) atoms. The van der Waals surface area contributed by atoms with E-state index in [-0.39, 0.29) is 11.3 Å². The van der Waals surface area contributed by atoms with E-state index in [0.29, 0.717) is 13.1 Å². The second-order valence-electron chi connectivity index (χ2n) is 4.60. The maximum absolute atomic E-state index is 10.1. The van der Waals surface area contributed by atoms with Crippen LogP contribution in [0.25, 0.3) is 0 Å². The molecular weight excluding hydrogens is 180 g/mol. The van der Waals surface area contributed by atoms with Gasteiger partial charge in [0, 0.05) is 5.92 Å². The minimum absolute atomic E-state index is 0.0549. The predicted molar refractivity (Wildman–Crippen MR) is 53.7 cm³/mol. The van der Waals surface area contributed by atoms with E-state index in [1.165, 1.54) is 0 Å². The molecule has 0 spiro atoms. The molecule has 3 heteroatoms. The number of hydrogen-bond acceptors (Lipinski definition) is 3. The van der Waals surface area contributed by atoms with Crippen LogP contribution in [0.1, 0.15) is 26.7 Å². The van der Waals surface area contributed by atoms with E-state index in [0.717, 1.165) is 18.4 Å². The van der Waals surface area contributed by atoms with Crippen LogP contribution in [-0.2, 0) is 9.53 Å². The molecule has 0 radical (unpaired) electrons. The summed E-state index contributed by atoms with van der Waals surface area (Å²) in [5, 5.41) is 9.64. The van der Waals surface area contributed by atoms with Crippen molar-refractivity contribution in [1.82, 2.24) is 0 Å². The Bertz CT molecular complexity index is 233. The van der Waals surface area contributed by atoms with Crippen molar-refractivity contribution in [3.8, 4) is 0 Å². The van der Waals surface area contributed by atoms with E-state index >= 15 is 0 Å². The van der Waals surface area contributed by atoms with Gasteiger partial charge in [-0.05, 0) is 23.8 Å². The van der Waals surface area contributed by atoms with Crippen LogP contribution in [0.5, 0.6) is 0 Å². The van der Waals surface area contributed by atoms with Crippen LogP contribution in [-0.4, -0.2) is 24.3 Å². The summed E-state index contributed by atoms with van der Waals surface area (Å²) in [6.07, 6.45) is 1.24. The van der Waals surface area contributed by atoms with Gasteiger partial charge in [-0.1, -0.05) is 20.4 Å². The summed E-state index contributed by atoms with van der Waals surface area (Å²) in [6, 6.07) is 0. The standard InChI is InChI=1S/C11H18O3/c1-8-9(6-14-7-12)11(2,3)5-4-10(8)13/h7,9-10,13H,1,4-6H2,2-3H3. The summed E-state index contributed by atoms with van der Waals surface area (Å²) in [5.74, 6) is 0.0662. The number of aliphatic hydroxyl groups excluding tert-OH is 1. The molecule has 0 aliphatic heterocycles. The molecule has 0 aromatic carbocycles. The number of aliphatic hydroxyl groups is 1. The Hall–Kier alpha value is -0.830. The molecule has 1 aliphatic carbocycles. The van der Waals surface area contributed by atoms with Crippen molar-refractivity contribution in [2.45, 2.75) is 32.8 Å². The molecule has 1 fully saturated rings. The highest BCUT2D eigenvalue weighted by Crippen LogP contribution is 2.43. The maximum atomic E-state index is 10.1. The molecule has 1 rings (SSSR count). The zero-order valence-corrected chi connectivity index (χ0v) is 8.82. The van der Waals surface area contributed by atoms with Crippen molar-refractivity contribution in [2.24, 2.45) is 11.3 Å². The van der Waals surface area contributed by atoms with Crippen molar-refractivity contribution in [1.29, 1.82) is 0 Å². The average molecular weight is 198 g/mol. The van der Waals surface area contributed by atoms with Gasteiger partial charge in [-0.2, -0.15) is 0 Å². The Morgan fingerprint density at radius 1 is 1.71 bits per heavy atom. The first-order valence-corrected chi connectivity index (χ1v) is 4.91. The lowest BCUT2D eigenvalue weighted by molar-refractivity contribution is -0.131. The smallest absolute Gasteiger partial charge is 0.293 e. The highest BCUT2D eigenvalue weighted by molar-refractivity contribution is 5.37. The average Bonchev–Trinajstić information content (AvgIpc) is 2.12. The van der Waals surface area contributed by atoms with Crippen LogP contribution in [0.15, 0.2) is 12.2 Å². The quantitative estimate of drug-likeness (QED) is 0.552. The minimum Gasteiger partial charge on any atom is -0.467 e. The molecule has 1 N–H and O–H groups in total. The zero-order valence-electron chi connectivity index (χ0n) is 8.82. The SMILES string of the molecule is C=C1C(O)CCC(C)(C)C1COC=O. The van der Waals surface area contributed by atoms with Crippen LogP contribution in [0.3, 0.4) is 0 Å². The summed E-state index contributed by atoms with van der Waals surface area (Å²) in [6.45, 7) is 8.88. The lowest BCUT2D eigenvalue weighted by Crippen LogP contribution is -2.38. The molecular formula is C11H18O3. The van der Waals surface area contributed by atoms with E-state index in [2.05, 4.69) is 20.4 Å². The number of hydrogen-bond donors (Lipinski definition) is 1. The Labute approximate surface area is 84.8 Å². The van der Waals surface area contributed by atoms with Gasteiger partial charge in [-0.25, -0.2) is 0 Å². The third kappa shape index (κ3) is 2.15. The third-order valence-corrected chi connectivity index (χ3v) is 3.21.